The molecule has 0 spiro atoms. The highest BCUT2D eigenvalue weighted by molar-refractivity contribution is 5.94. The zero-order chi connectivity index (χ0) is 25.1. The number of nitrogens with zero attached hydrogens (tertiary/aromatic N) is 4. The van der Waals surface area contributed by atoms with Crippen LogP contribution >= 0.6 is 12.4 Å². The van der Waals surface area contributed by atoms with Gasteiger partial charge in [0.15, 0.2) is 0 Å². The van der Waals surface area contributed by atoms with E-state index in [9.17, 15) is 0 Å². The lowest BCUT2D eigenvalue weighted by atomic mass is 9.99. The minimum atomic E-state index is 0. The van der Waals surface area contributed by atoms with Crippen LogP contribution in [0.4, 0.5) is 28.8 Å². The van der Waals surface area contributed by atoms with E-state index in [4.69, 9.17) is 4.98 Å². The fourth-order valence-corrected chi connectivity index (χ4v) is 4.87. The average molecular weight is 518 g/mol. The van der Waals surface area contributed by atoms with E-state index in [1.165, 1.54) is 11.1 Å². The molecule has 3 N–H and O–H groups in total. The van der Waals surface area contributed by atoms with E-state index < -0.39 is 0 Å². The summed E-state index contributed by atoms with van der Waals surface area (Å²) in [5.74, 6) is 1.44. The van der Waals surface area contributed by atoms with Crippen LogP contribution in [-0.4, -0.2) is 39.6 Å². The highest BCUT2D eigenvalue weighted by Gasteiger charge is 2.24. The Bertz CT molecular complexity index is 1330. The van der Waals surface area contributed by atoms with Crippen LogP contribution in [0, 0.1) is 6.92 Å². The third kappa shape index (κ3) is 6.67. The van der Waals surface area contributed by atoms with Gasteiger partial charge < -0.3 is 20.9 Å². The van der Waals surface area contributed by atoms with Crippen molar-refractivity contribution in [3.63, 3.8) is 0 Å². The summed E-state index contributed by atoms with van der Waals surface area (Å²) in [6, 6.07) is 19.2. The summed E-state index contributed by atoms with van der Waals surface area (Å²) in [6.07, 6.45) is 5.73. The van der Waals surface area contributed by atoms with Gasteiger partial charge in [0.1, 0.15) is 5.82 Å². The third-order valence-electron chi connectivity index (χ3n) is 6.48. The SMILES string of the molecule is Cc1cc(Nc2cc(N3CCC(NC(C)(C)C)CC3)c3ccccc3n2)ccc1Nc1ncccn1.Cl. The minimum absolute atomic E-state index is 0. The van der Waals surface area contributed by atoms with Crippen LogP contribution in [0.1, 0.15) is 39.2 Å². The molecule has 8 heteroatoms. The summed E-state index contributed by atoms with van der Waals surface area (Å²) in [5, 5.41) is 11.8. The maximum Gasteiger partial charge on any atom is 0.227 e. The summed E-state index contributed by atoms with van der Waals surface area (Å²) in [5.41, 5.74) is 5.46. The molecule has 2 aromatic heterocycles. The summed E-state index contributed by atoms with van der Waals surface area (Å²) in [6.45, 7) is 10.9. The maximum absolute atomic E-state index is 4.92. The first-order chi connectivity index (χ1) is 17.3. The number of nitrogens with one attached hydrogen (secondary N) is 3. The molecule has 0 bridgehead atoms. The van der Waals surface area contributed by atoms with Crippen molar-refractivity contribution in [2.75, 3.05) is 28.6 Å². The first-order valence-corrected chi connectivity index (χ1v) is 12.7. The van der Waals surface area contributed by atoms with Crippen molar-refractivity contribution in [3.8, 4) is 0 Å². The molecule has 0 saturated carbocycles. The topological polar surface area (TPSA) is 78.0 Å². The zero-order valence-corrected chi connectivity index (χ0v) is 22.8. The number of halogens is 1. The number of benzene rings is 2. The van der Waals surface area contributed by atoms with Crippen molar-refractivity contribution in [2.45, 2.75) is 52.1 Å². The number of aromatic nitrogens is 3. The van der Waals surface area contributed by atoms with Gasteiger partial charge >= 0.3 is 0 Å². The number of fused-ring (bicyclic) bond motifs is 1. The average Bonchev–Trinajstić information content (AvgIpc) is 2.85. The maximum atomic E-state index is 4.92. The molecular weight excluding hydrogens is 482 g/mol. The molecule has 194 valence electrons. The lowest BCUT2D eigenvalue weighted by Crippen LogP contribution is -2.49. The van der Waals surface area contributed by atoms with E-state index in [2.05, 4.69) is 101 Å². The smallest absolute Gasteiger partial charge is 0.227 e. The first-order valence-electron chi connectivity index (χ1n) is 12.7. The summed E-state index contributed by atoms with van der Waals surface area (Å²) < 4.78 is 0. The van der Waals surface area contributed by atoms with Crippen LogP contribution in [-0.2, 0) is 0 Å². The van der Waals surface area contributed by atoms with E-state index in [1.54, 1.807) is 18.5 Å². The molecule has 1 aliphatic rings. The van der Waals surface area contributed by atoms with Crippen LogP contribution in [0.5, 0.6) is 0 Å². The summed E-state index contributed by atoms with van der Waals surface area (Å²) in [4.78, 5) is 15.9. The van der Waals surface area contributed by atoms with Crippen molar-refractivity contribution in [1.29, 1.82) is 0 Å². The van der Waals surface area contributed by atoms with E-state index in [-0.39, 0.29) is 17.9 Å². The van der Waals surface area contributed by atoms with E-state index in [0.29, 0.717) is 12.0 Å². The number of hydrogen-bond acceptors (Lipinski definition) is 7. The van der Waals surface area contributed by atoms with Crippen molar-refractivity contribution >= 4 is 52.1 Å². The van der Waals surface area contributed by atoms with Crippen LogP contribution in [0.15, 0.2) is 67.0 Å². The molecule has 7 nitrogen and oxygen atoms in total. The van der Waals surface area contributed by atoms with Crippen LogP contribution in [0.2, 0.25) is 0 Å². The highest BCUT2D eigenvalue weighted by atomic mass is 35.5. The van der Waals surface area contributed by atoms with Crippen LogP contribution < -0.4 is 20.9 Å². The molecule has 2 aromatic carbocycles. The predicted molar refractivity (Wildman–Crippen MR) is 157 cm³/mol. The largest absolute Gasteiger partial charge is 0.371 e. The number of para-hydroxylation sites is 1. The Morgan fingerprint density at radius 3 is 2.32 bits per heavy atom. The van der Waals surface area contributed by atoms with Gasteiger partial charge in [0.2, 0.25) is 5.95 Å². The molecule has 0 amide bonds. The van der Waals surface area contributed by atoms with Gasteiger partial charge in [0, 0.05) is 65.6 Å². The van der Waals surface area contributed by atoms with Gasteiger partial charge in [-0.05, 0) is 76.4 Å². The number of anilines is 5. The Morgan fingerprint density at radius 2 is 1.62 bits per heavy atom. The molecule has 1 aliphatic heterocycles. The molecule has 0 unspecified atom stereocenters. The molecule has 0 atom stereocenters. The fourth-order valence-electron chi connectivity index (χ4n) is 4.87. The van der Waals surface area contributed by atoms with Gasteiger partial charge in [-0.25, -0.2) is 15.0 Å². The second kappa shape index (κ2) is 11.3. The Balaban J connectivity index is 0.00000320. The Kier molecular flexibility index (Phi) is 8.15. The van der Waals surface area contributed by atoms with E-state index >= 15 is 0 Å². The summed E-state index contributed by atoms with van der Waals surface area (Å²) in [7, 11) is 0. The standard InChI is InChI=1S/C29H35N7.ClH/c1-20-18-22(10-11-24(20)34-28-30-14-7-15-31-28)32-27-19-26(23-8-5-6-9-25(23)33-27)36-16-12-21(13-17-36)35-29(2,3)4;/h5-11,14-15,18-19,21,35H,12-13,16-17H2,1-4H3,(H,32,33)(H,30,31,34);1H. The molecule has 5 rings (SSSR count). The number of piperidine rings is 1. The second-order valence-electron chi connectivity index (χ2n) is 10.6. The van der Waals surface area contributed by atoms with Gasteiger partial charge in [-0.2, -0.15) is 0 Å². The number of hydrogen-bond donors (Lipinski definition) is 3. The summed E-state index contributed by atoms with van der Waals surface area (Å²) >= 11 is 0. The third-order valence-corrected chi connectivity index (χ3v) is 6.48. The number of pyridine rings is 1. The van der Waals surface area contributed by atoms with Crippen molar-refractivity contribution in [3.05, 3.63) is 72.6 Å². The Morgan fingerprint density at radius 1 is 0.892 bits per heavy atom. The molecule has 37 heavy (non-hydrogen) atoms. The van der Waals surface area contributed by atoms with Gasteiger partial charge in [0.25, 0.3) is 0 Å². The van der Waals surface area contributed by atoms with Crippen molar-refractivity contribution < 1.29 is 0 Å². The van der Waals surface area contributed by atoms with Crippen molar-refractivity contribution in [2.24, 2.45) is 0 Å². The normalized spacial score (nSPS) is 14.3. The quantitative estimate of drug-likeness (QED) is 0.266. The Labute approximate surface area is 225 Å². The van der Waals surface area contributed by atoms with E-state index in [1.807, 2.05) is 6.07 Å². The second-order valence-corrected chi connectivity index (χ2v) is 10.6. The van der Waals surface area contributed by atoms with Gasteiger partial charge in [-0.3, -0.25) is 0 Å². The van der Waals surface area contributed by atoms with Gasteiger partial charge in [0.05, 0.1) is 5.52 Å². The van der Waals surface area contributed by atoms with Gasteiger partial charge in [-0.15, -0.1) is 12.4 Å². The van der Waals surface area contributed by atoms with Crippen LogP contribution in [0.25, 0.3) is 10.9 Å². The number of aryl methyl sites for hydroxylation is 1. The molecule has 1 fully saturated rings. The molecular formula is C29H36ClN7. The number of rotatable bonds is 6. The molecule has 4 aromatic rings. The lowest BCUT2D eigenvalue weighted by molar-refractivity contribution is 0.317. The molecule has 0 aliphatic carbocycles. The predicted octanol–water partition coefficient (Wildman–Crippen LogP) is 6.60. The van der Waals surface area contributed by atoms with Gasteiger partial charge in [-0.1, -0.05) is 18.2 Å². The lowest BCUT2D eigenvalue weighted by Gasteiger charge is -2.37. The first kappa shape index (κ1) is 26.6. The van der Waals surface area contributed by atoms with Crippen molar-refractivity contribution in [1.82, 2.24) is 20.3 Å². The molecule has 3 heterocycles. The highest BCUT2D eigenvalue weighted by Crippen LogP contribution is 2.32. The van der Waals surface area contributed by atoms with E-state index in [0.717, 1.165) is 54.2 Å². The monoisotopic (exact) mass is 517 g/mol. The fraction of sp³-hybridized carbons (Fsp3) is 0.345. The Hall–Kier alpha value is -3.42. The molecule has 0 radical (unpaired) electrons. The molecule has 1 saturated heterocycles. The zero-order valence-electron chi connectivity index (χ0n) is 22.0. The minimum Gasteiger partial charge on any atom is -0.371 e. The van der Waals surface area contributed by atoms with Crippen LogP contribution in [0.3, 0.4) is 0 Å².